The van der Waals surface area contributed by atoms with Gasteiger partial charge in [-0.3, -0.25) is 15.1 Å². The molecule has 6 rings (SSSR count). The van der Waals surface area contributed by atoms with Crippen LogP contribution in [0.4, 0.5) is 16.4 Å². The maximum atomic E-state index is 12.2. The number of amides is 3. The molecule has 1 spiro atoms. The highest BCUT2D eigenvalue weighted by Gasteiger charge is 2.48. The smallest absolute Gasteiger partial charge is 0.322 e. The van der Waals surface area contributed by atoms with Crippen molar-refractivity contribution in [3.05, 3.63) is 48.8 Å². The van der Waals surface area contributed by atoms with Crippen molar-refractivity contribution in [3.8, 4) is 11.1 Å². The molecule has 0 atom stereocenters. The summed E-state index contributed by atoms with van der Waals surface area (Å²) in [5.74, 6) is 0.885. The third-order valence-electron chi connectivity index (χ3n) is 6.61. The van der Waals surface area contributed by atoms with E-state index < -0.39 is 11.6 Å². The number of anilines is 2. The second-order valence-electron chi connectivity index (χ2n) is 8.69. The average molecular weight is 442 g/mol. The number of nitrogens with zero attached hydrogens (tertiary/aromatic N) is 4. The van der Waals surface area contributed by atoms with Crippen LogP contribution in [-0.4, -0.2) is 43.1 Å². The van der Waals surface area contributed by atoms with E-state index in [1.165, 1.54) is 0 Å². The number of nitrogen functional groups attached to an aromatic ring is 1. The van der Waals surface area contributed by atoms with Crippen LogP contribution in [0.15, 0.2) is 48.8 Å². The molecule has 0 unspecified atom stereocenters. The largest absolute Gasteiger partial charge is 0.383 e. The summed E-state index contributed by atoms with van der Waals surface area (Å²) in [5, 5.41) is 14.0. The SMILES string of the molecule is Nc1cc(N[C@H]2CC[C@]3(CC2)NC(=O)NC3=O)nc2c(-c3cnc4ccccc4c3)cnn12. The lowest BCUT2D eigenvalue weighted by Gasteiger charge is -2.35. The minimum Gasteiger partial charge on any atom is -0.383 e. The minimum absolute atomic E-state index is 0.115. The van der Waals surface area contributed by atoms with Gasteiger partial charge in [0.2, 0.25) is 0 Å². The number of pyridine rings is 1. The Morgan fingerprint density at radius 2 is 1.94 bits per heavy atom. The fourth-order valence-corrected chi connectivity index (χ4v) is 4.83. The van der Waals surface area contributed by atoms with Gasteiger partial charge >= 0.3 is 6.03 Å². The molecule has 166 valence electrons. The van der Waals surface area contributed by atoms with Gasteiger partial charge in [-0.25, -0.2) is 9.78 Å². The first-order valence-electron chi connectivity index (χ1n) is 10.9. The van der Waals surface area contributed by atoms with E-state index in [4.69, 9.17) is 10.7 Å². The van der Waals surface area contributed by atoms with Crippen molar-refractivity contribution in [2.45, 2.75) is 37.3 Å². The molecule has 3 amide bonds. The van der Waals surface area contributed by atoms with Gasteiger partial charge < -0.3 is 16.4 Å². The Morgan fingerprint density at radius 3 is 2.73 bits per heavy atom. The highest BCUT2D eigenvalue weighted by Crippen LogP contribution is 2.33. The van der Waals surface area contributed by atoms with E-state index in [2.05, 4.69) is 32.1 Å². The molecule has 1 saturated heterocycles. The van der Waals surface area contributed by atoms with E-state index in [9.17, 15) is 9.59 Å². The Labute approximate surface area is 188 Å². The first kappa shape index (κ1) is 19.5. The Bertz CT molecular complexity index is 1420. The van der Waals surface area contributed by atoms with Gasteiger partial charge in [0.1, 0.15) is 17.2 Å². The quantitative estimate of drug-likeness (QED) is 0.357. The number of nitrogens with one attached hydrogen (secondary N) is 3. The lowest BCUT2D eigenvalue weighted by atomic mass is 9.79. The van der Waals surface area contributed by atoms with Crippen LogP contribution in [0.3, 0.4) is 0 Å². The monoisotopic (exact) mass is 442 g/mol. The number of hydrogen-bond donors (Lipinski definition) is 4. The summed E-state index contributed by atoms with van der Waals surface area (Å²) in [6.45, 7) is 0. The van der Waals surface area contributed by atoms with E-state index in [1.807, 2.05) is 30.5 Å². The van der Waals surface area contributed by atoms with Gasteiger partial charge in [-0.15, -0.1) is 0 Å². The van der Waals surface area contributed by atoms with Crippen LogP contribution in [0.5, 0.6) is 0 Å². The Kier molecular flexibility index (Phi) is 4.22. The number of carbonyl (C=O) groups excluding carboxylic acids is 2. The summed E-state index contributed by atoms with van der Waals surface area (Å²) in [7, 11) is 0. The molecule has 1 aromatic carbocycles. The summed E-state index contributed by atoms with van der Waals surface area (Å²) in [6.07, 6.45) is 6.16. The summed E-state index contributed by atoms with van der Waals surface area (Å²) in [6, 6.07) is 11.5. The van der Waals surface area contributed by atoms with Crippen molar-refractivity contribution in [2.24, 2.45) is 0 Å². The van der Waals surface area contributed by atoms with E-state index in [-0.39, 0.29) is 11.9 Å². The van der Waals surface area contributed by atoms with Crippen LogP contribution >= 0.6 is 0 Å². The second-order valence-corrected chi connectivity index (χ2v) is 8.69. The molecule has 4 heterocycles. The number of para-hydroxylation sites is 1. The van der Waals surface area contributed by atoms with Gasteiger partial charge in [-0.2, -0.15) is 9.61 Å². The summed E-state index contributed by atoms with van der Waals surface area (Å²) >= 11 is 0. The molecule has 0 bridgehead atoms. The van der Waals surface area contributed by atoms with Gasteiger partial charge in [-0.1, -0.05) is 18.2 Å². The number of carbonyl (C=O) groups is 2. The number of fused-ring (bicyclic) bond motifs is 2. The molecule has 3 aromatic heterocycles. The van der Waals surface area contributed by atoms with Crippen molar-refractivity contribution in [3.63, 3.8) is 0 Å². The molecule has 10 heteroatoms. The Morgan fingerprint density at radius 1 is 1.12 bits per heavy atom. The summed E-state index contributed by atoms with van der Waals surface area (Å²) < 4.78 is 1.62. The third kappa shape index (κ3) is 3.22. The van der Waals surface area contributed by atoms with Crippen LogP contribution in [0.1, 0.15) is 25.7 Å². The van der Waals surface area contributed by atoms with Crippen LogP contribution in [0, 0.1) is 0 Å². The standard InChI is InChI=1S/C23H22N8O2/c24-18-10-19(27-15-5-7-23(8-6-15)21(32)29-22(33)30-23)28-20-16(12-26-31(18)20)14-9-13-3-1-2-4-17(13)25-11-14/h1-4,9-12,15H,5-8,24H2,(H,27,28)(H2,29,30,32,33)/t15-,23+. The highest BCUT2D eigenvalue weighted by atomic mass is 16.2. The zero-order chi connectivity index (χ0) is 22.6. The van der Waals surface area contributed by atoms with Crippen molar-refractivity contribution in [2.75, 3.05) is 11.1 Å². The Balaban J connectivity index is 1.28. The van der Waals surface area contributed by atoms with Gasteiger partial charge in [0.25, 0.3) is 5.91 Å². The molecule has 10 nitrogen and oxygen atoms in total. The normalized spacial score (nSPS) is 22.6. The molecular formula is C23H22N8O2. The molecule has 1 saturated carbocycles. The molecule has 4 aromatic rings. The minimum atomic E-state index is -0.784. The molecule has 2 aliphatic rings. The first-order chi connectivity index (χ1) is 16.0. The number of rotatable bonds is 3. The zero-order valence-corrected chi connectivity index (χ0v) is 17.7. The number of nitrogens with two attached hydrogens (primary N) is 1. The lowest BCUT2D eigenvalue weighted by Crippen LogP contribution is -2.51. The maximum absolute atomic E-state index is 12.2. The van der Waals surface area contributed by atoms with Gasteiger partial charge in [-0.05, 0) is 37.8 Å². The second kappa shape index (κ2) is 7.16. The van der Waals surface area contributed by atoms with Crippen molar-refractivity contribution >= 4 is 40.1 Å². The Hall–Kier alpha value is -4.21. The van der Waals surface area contributed by atoms with Gasteiger partial charge in [0.05, 0.1) is 11.7 Å². The number of urea groups is 1. The van der Waals surface area contributed by atoms with E-state index in [0.717, 1.165) is 34.9 Å². The van der Waals surface area contributed by atoms with Crippen molar-refractivity contribution < 1.29 is 9.59 Å². The summed E-state index contributed by atoms with van der Waals surface area (Å²) in [4.78, 5) is 33.1. The molecule has 2 fully saturated rings. The van der Waals surface area contributed by atoms with Gasteiger partial charge in [0.15, 0.2) is 5.65 Å². The van der Waals surface area contributed by atoms with Crippen LogP contribution in [0.2, 0.25) is 0 Å². The van der Waals surface area contributed by atoms with E-state index in [1.54, 1.807) is 16.8 Å². The predicted molar refractivity (Wildman–Crippen MR) is 123 cm³/mol. The van der Waals surface area contributed by atoms with Crippen LogP contribution in [-0.2, 0) is 4.79 Å². The van der Waals surface area contributed by atoms with E-state index in [0.29, 0.717) is 30.1 Å². The molecular weight excluding hydrogens is 420 g/mol. The number of imide groups is 1. The zero-order valence-electron chi connectivity index (χ0n) is 17.7. The maximum Gasteiger partial charge on any atom is 0.322 e. The summed E-state index contributed by atoms with van der Waals surface area (Å²) in [5.41, 5.74) is 8.82. The molecule has 0 radical (unpaired) electrons. The first-order valence-corrected chi connectivity index (χ1v) is 10.9. The molecule has 5 N–H and O–H groups in total. The van der Waals surface area contributed by atoms with Crippen LogP contribution in [0.25, 0.3) is 27.7 Å². The van der Waals surface area contributed by atoms with Gasteiger partial charge in [0, 0.05) is 34.8 Å². The molecule has 33 heavy (non-hydrogen) atoms. The topological polar surface area (TPSA) is 139 Å². The highest BCUT2D eigenvalue weighted by molar-refractivity contribution is 6.07. The van der Waals surface area contributed by atoms with Crippen molar-refractivity contribution in [1.29, 1.82) is 0 Å². The third-order valence-corrected chi connectivity index (χ3v) is 6.61. The average Bonchev–Trinajstić information content (AvgIpc) is 3.36. The number of hydrogen-bond acceptors (Lipinski definition) is 7. The molecule has 1 aliphatic heterocycles. The fraction of sp³-hybridized carbons (Fsp3) is 0.261. The fourth-order valence-electron chi connectivity index (χ4n) is 4.83. The lowest BCUT2D eigenvalue weighted by molar-refractivity contribution is -0.125. The van der Waals surface area contributed by atoms with E-state index >= 15 is 0 Å². The molecule has 1 aliphatic carbocycles. The number of aromatic nitrogens is 4. The van der Waals surface area contributed by atoms with Crippen LogP contribution < -0.4 is 21.7 Å². The number of benzene rings is 1. The predicted octanol–water partition coefficient (Wildman–Crippen LogP) is 2.46. The van der Waals surface area contributed by atoms with Crippen molar-refractivity contribution in [1.82, 2.24) is 30.2 Å².